The predicted octanol–water partition coefficient (Wildman–Crippen LogP) is 1.77. The SMILES string of the molecule is c1coc(CN(Cc2nnnn2C2CC2)C2CC2)c1. The van der Waals surface area contributed by atoms with E-state index in [0.717, 1.165) is 24.7 Å². The van der Waals surface area contributed by atoms with Gasteiger partial charge in [-0.1, -0.05) is 0 Å². The smallest absolute Gasteiger partial charge is 0.165 e. The van der Waals surface area contributed by atoms with Crippen LogP contribution in [-0.4, -0.2) is 31.1 Å². The highest BCUT2D eigenvalue weighted by Gasteiger charge is 2.33. The van der Waals surface area contributed by atoms with Gasteiger partial charge in [-0.3, -0.25) is 4.90 Å². The van der Waals surface area contributed by atoms with Crippen LogP contribution >= 0.6 is 0 Å². The molecule has 100 valence electrons. The Morgan fingerprint density at radius 2 is 2.16 bits per heavy atom. The Kier molecular flexibility index (Phi) is 2.61. The zero-order chi connectivity index (χ0) is 12.7. The maximum absolute atomic E-state index is 5.45. The monoisotopic (exact) mass is 259 g/mol. The van der Waals surface area contributed by atoms with E-state index in [9.17, 15) is 0 Å². The van der Waals surface area contributed by atoms with Crippen LogP contribution in [0.3, 0.4) is 0 Å². The molecule has 6 nitrogen and oxygen atoms in total. The first-order valence-corrected chi connectivity index (χ1v) is 6.93. The summed E-state index contributed by atoms with van der Waals surface area (Å²) in [6, 6.07) is 5.16. The molecule has 0 unspecified atom stereocenters. The minimum absolute atomic E-state index is 0.537. The fourth-order valence-corrected chi connectivity index (χ4v) is 2.46. The van der Waals surface area contributed by atoms with Gasteiger partial charge in [-0.05, 0) is 48.2 Å². The van der Waals surface area contributed by atoms with Crippen molar-refractivity contribution in [3.8, 4) is 0 Å². The predicted molar refractivity (Wildman–Crippen MR) is 67.1 cm³/mol. The van der Waals surface area contributed by atoms with E-state index in [1.807, 2.05) is 16.8 Å². The quantitative estimate of drug-likeness (QED) is 0.791. The molecule has 2 aliphatic carbocycles. The molecule has 0 aromatic carbocycles. The summed E-state index contributed by atoms with van der Waals surface area (Å²) in [5.41, 5.74) is 0. The van der Waals surface area contributed by atoms with E-state index >= 15 is 0 Å². The molecule has 2 aromatic heterocycles. The molecule has 0 amide bonds. The van der Waals surface area contributed by atoms with Crippen LogP contribution in [0.1, 0.15) is 43.3 Å². The van der Waals surface area contributed by atoms with E-state index < -0.39 is 0 Å². The Morgan fingerprint density at radius 1 is 1.26 bits per heavy atom. The van der Waals surface area contributed by atoms with Crippen molar-refractivity contribution in [2.24, 2.45) is 0 Å². The summed E-state index contributed by atoms with van der Waals surface area (Å²) < 4.78 is 7.45. The maximum Gasteiger partial charge on any atom is 0.165 e. The van der Waals surface area contributed by atoms with Gasteiger partial charge in [0, 0.05) is 6.04 Å². The molecule has 19 heavy (non-hydrogen) atoms. The van der Waals surface area contributed by atoms with Crippen LogP contribution in [0.25, 0.3) is 0 Å². The Labute approximate surface area is 111 Å². The van der Waals surface area contributed by atoms with E-state index in [-0.39, 0.29) is 0 Å². The second kappa shape index (κ2) is 4.45. The summed E-state index contributed by atoms with van der Waals surface area (Å²) in [5, 5.41) is 12.1. The zero-order valence-electron chi connectivity index (χ0n) is 10.8. The zero-order valence-corrected chi connectivity index (χ0v) is 10.8. The molecular formula is C13H17N5O. The lowest BCUT2D eigenvalue weighted by molar-refractivity contribution is 0.215. The number of aromatic nitrogens is 4. The number of hydrogen-bond donors (Lipinski definition) is 0. The van der Waals surface area contributed by atoms with Crippen molar-refractivity contribution in [3.05, 3.63) is 30.0 Å². The first-order valence-electron chi connectivity index (χ1n) is 6.93. The average molecular weight is 259 g/mol. The fourth-order valence-electron chi connectivity index (χ4n) is 2.46. The van der Waals surface area contributed by atoms with E-state index in [4.69, 9.17) is 4.42 Å². The summed E-state index contributed by atoms with van der Waals surface area (Å²) in [6.45, 7) is 1.66. The highest BCUT2D eigenvalue weighted by molar-refractivity contribution is 5.01. The number of hydrogen-bond acceptors (Lipinski definition) is 5. The largest absolute Gasteiger partial charge is 0.468 e. The number of furan rings is 1. The molecule has 2 aromatic rings. The number of rotatable bonds is 6. The molecule has 0 radical (unpaired) electrons. The molecule has 0 aliphatic heterocycles. The fraction of sp³-hybridized carbons (Fsp3) is 0.615. The Balaban J connectivity index is 1.49. The van der Waals surface area contributed by atoms with E-state index in [1.54, 1.807) is 6.26 Å². The van der Waals surface area contributed by atoms with Crippen molar-refractivity contribution in [1.82, 2.24) is 25.1 Å². The topological polar surface area (TPSA) is 60.0 Å². The van der Waals surface area contributed by atoms with Crippen molar-refractivity contribution < 1.29 is 4.42 Å². The van der Waals surface area contributed by atoms with Crippen LogP contribution in [-0.2, 0) is 13.1 Å². The van der Waals surface area contributed by atoms with Crippen LogP contribution < -0.4 is 0 Å². The minimum atomic E-state index is 0.537. The molecule has 0 spiro atoms. The summed E-state index contributed by atoms with van der Waals surface area (Å²) in [7, 11) is 0. The van der Waals surface area contributed by atoms with Gasteiger partial charge >= 0.3 is 0 Å². The third-order valence-electron chi connectivity index (χ3n) is 3.80. The molecule has 0 N–H and O–H groups in total. The van der Waals surface area contributed by atoms with Crippen LogP contribution in [0, 0.1) is 0 Å². The summed E-state index contributed by atoms with van der Waals surface area (Å²) >= 11 is 0. The normalized spacial score (nSPS) is 19.2. The van der Waals surface area contributed by atoms with Crippen molar-refractivity contribution >= 4 is 0 Å². The van der Waals surface area contributed by atoms with Gasteiger partial charge in [-0.15, -0.1) is 5.10 Å². The Morgan fingerprint density at radius 3 is 2.84 bits per heavy atom. The van der Waals surface area contributed by atoms with E-state index in [2.05, 4.69) is 20.4 Å². The van der Waals surface area contributed by atoms with Crippen molar-refractivity contribution in [2.75, 3.05) is 0 Å². The molecule has 2 saturated carbocycles. The third-order valence-corrected chi connectivity index (χ3v) is 3.80. The Hall–Kier alpha value is -1.69. The lowest BCUT2D eigenvalue weighted by atomic mass is 10.3. The summed E-state index contributed by atoms with van der Waals surface area (Å²) in [6.07, 6.45) is 6.69. The first-order chi connectivity index (χ1) is 9.40. The standard InChI is InChI=1S/C13H17N5O/c1-2-12(19-7-1)8-17(10-3-4-10)9-13-14-15-16-18(13)11-5-6-11/h1-2,7,10-11H,3-6,8-9H2. The van der Waals surface area contributed by atoms with Crippen molar-refractivity contribution in [1.29, 1.82) is 0 Å². The molecule has 2 aliphatic rings. The summed E-state index contributed by atoms with van der Waals surface area (Å²) in [4.78, 5) is 2.42. The van der Waals surface area contributed by atoms with Gasteiger partial charge in [-0.2, -0.15) is 0 Å². The van der Waals surface area contributed by atoms with Crippen LogP contribution in [0.15, 0.2) is 22.8 Å². The first kappa shape index (κ1) is 11.2. The molecule has 0 bridgehead atoms. The van der Waals surface area contributed by atoms with Gasteiger partial charge in [-0.25, -0.2) is 4.68 Å². The highest BCUT2D eigenvalue weighted by Crippen LogP contribution is 2.35. The molecule has 2 fully saturated rings. The summed E-state index contributed by atoms with van der Waals surface area (Å²) in [5.74, 6) is 2.00. The lowest BCUT2D eigenvalue weighted by Crippen LogP contribution is -2.26. The lowest BCUT2D eigenvalue weighted by Gasteiger charge is -2.19. The number of nitrogens with zero attached hydrogens (tertiary/aromatic N) is 5. The van der Waals surface area contributed by atoms with Gasteiger partial charge < -0.3 is 4.42 Å². The van der Waals surface area contributed by atoms with Crippen molar-refractivity contribution in [3.63, 3.8) is 0 Å². The van der Waals surface area contributed by atoms with Crippen LogP contribution in [0.4, 0.5) is 0 Å². The maximum atomic E-state index is 5.45. The highest BCUT2D eigenvalue weighted by atomic mass is 16.3. The average Bonchev–Trinajstić information content (AvgIpc) is 3.35. The Bertz CT molecular complexity index is 541. The van der Waals surface area contributed by atoms with E-state index in [0.29, 0.717) is 12.1 Å². The second-order valence-corrected chi connectivity index (χ2v) is 5.49. The van der Waals surface area contributed by atoms with E-state index in [1.165, 1.54) is 25.7 Å². The third kappa shape index (κ3) is 2.40. The molecular weight excluding hydrogens is 242 g/mol. The molecule has 2 heterocycles. The molecule has 0 atom stereocenters. The minimum Gasteiger partial charge on any atom is -0.468 e. The number of tetrazole rings is 1. The molecule has 6 heteroatoms. The van der Waals surface area contributed by atoms with Gasteiger partial charge in [0.05, 0.1) is 25.4 Å². The van der Waals surface area contributed by atoms with Crippen LogP contribution in [0.2, 0.25) is 0 Å². The van der Waals surface area contributed by atoms with Gasteiger partial charge in [0.1, 0.15) is 5.76 Å². The molecule has 4 rings (SSSR count). The second-order valence-electron chi connectivity index (χ2n) is 5.49. The molecule has 0 saturated heterocycles. The van der Waals surface area contributed by atoms with Crippen LogP contribution in [0.5, 0.6) is 0 Å². The van der Waals surface area contributed by atoms with Gasteiger partial charge in [0.15, 0.2) is 5.82 Å². The van der Waals surface area contributed by atoms with Gasteiger partial charge in [0.2, 0.25) is 0 Å². The van der Waals surface area contributed by atoms with Crippen molar-refractivity contribution in [2.45, 2.75) is 50.9 Å². The van der Waals surface area contributed by atoms with Gasteiger partial charge in [0.25, 0.3) is 0 Å².